The van der Waals surface area contributed by atoms with E-state index in [1.54, 1.807) is 38.1 Å². The molecule has 3 aromatic rings. The average molecular weight is 520 g/mol. The summed E-state index contributed by atoms with van der Waals surface area (Å²) in [6.07, 6.45) is -4.28. The number of hydrogen-bond donors (Lipinski definition) is 2. The Bertz CT molecular complexity index is 1380. The summed E-state index contributed by atoms with van der Waals surface area (Å²) in [5, 5.41) is 12.3. The molecule has 10 heteroatoms. The number of carboxylic acid groups (broad SMARTS) is 1. The number of methoxy groups -OCH3 is 1. The minimum absolute atomic E-state index is 0.0474. The number of rotatable bonds is 9. The van der Waals surface area contributed by atoms with Crippen LogP contribution in [0.2, 0.25) is 0 Å². The van der Waals surface area contributed by atoms with Crippen LogP contribution in [-0.4, -0.2) is 54.2 Å². The number of carbonyl (C=O) groups excluding carboxylic acids is 4. The third kappa shape index (κ3) is 7.03. The van der Waals surface area contributed by atoms with Crippen LogP contribution in [0.3, 0.4) is 0 Å². The van der Waals surface area contributed by atoms with Crippen LogP contribution < -0.4 is 5.32 Å². The maximum atomic E-state index is 13.3. The van der Waals surface area contributed by atoms with Gasteiger partial charge in [-0.3, -0.25) is 4.79 Å². The lowest BCUT2D eigenvalue weighted by Crippen LogP contribution is -2.48. The highest BCUT2D eigenvalue weighted by atomic mass is 16.6. The zero-order chi connectivity index (χ0) is 27.8. The number of carboxylic acids is 1. The van der Waals surface area contributed by atoms with Gasteiger partial charge in [-0.1, -0.05) is 41.5 Å². The summed E-state index contributed by atoms with van der Waals surface area (Å²) in [5.74, 6) is -5.52. The van der Waals surface area contributed by atoms with Gasteiger partial charge in [0.25, 0.3) is 5.91 Å². The fourth-order valence-corrected chi connectivity index (χ4v) is 3.46. The third-order valence-electron chi connectivity index (χ3n) is 5.30. The Morgan fingerprint density at radius 1 is 0.684 bits per heavy atom. The Hall–Kier alpha value is -4.99. The molecule has 0 unspecified atom stereocenters. The van der Waals surface area contributed by atoms with Gasteiger partial charge in [0.15, 0.2) is 0 Å². The van der Waals surface area contributed by atoms with Gasteiger partial charge in [-0.25, -0.2) is 19.2 Å². The smallest absolute Gasteiger partial charge is 0.349 e. The second kappa shape index (κ2) is 12.3. The first-order valence-electron chi connectivity index (χ1n) is 11.4. The number of anilines is 1. The molecule has 38 heavy (non-hydrogen) atoms. The predicted molar refractivity (Wildman–Crippen MR) is 135 cm³/mol. The summed E-state index contributed by atoms with van der Waals surface area (Å²) in [4.78, 5) is 62.9. The zero-order valence-corrected chi connectivity index (χ0v) is 20.8. The number of amides is 1. The van der Waals surface area contributed by atoms with E-state index in [0.717, 1.165) is 11.1 Å². The van der Waals surface area contributed by atoms with Crippen LogP contribution in [0.1, 0.15) is 42.2 Å². The van der Waals surface area contributed by atoms with Crippen molar-refractivity contribution in [1.82, 2.24) is 0 Å². The summed E-state index contributed by atoms with van der Waals surface area (Å²) in [7, 11) is 1.19. The molecular weight excluding hydrogens is 494 g/mol. The fourth-order valence-electron chi connectivity index (χ4n) is 3.46. The van der Waals surface area contributed by atoms with E-state index in [1.165, 1.54) is 55.6 Å². The lowest BCUT2D eigenvalue weighted by atomic mass is 10.1. The summed E-state index contributed by atoms with van der Waals surface area (Å²) < 4.78 is 15.1. The van der Waals surface area contributed by atoms with Crippen molar-refractivity contribution in [1.29, 1.82) is 0 Å². The van der Waals surface area contributed by atoms with Gasteiger partial charge in [0, 0.05) is 5.69 Å². The van der Waals surface area contributed by atoms with E-state index >= 15 is 0 Å². The number of hydrogen-bond acceptors (Lipinski definition) is 8. The minimum atomic E-state index is -2.19. The van der Waals surface area contributed by atoms with Crippen molar-refractivity contribution >= 4 is 35.5 Å². The Morgan fingerprint density at radius 2 is 1.16 bits per heavy atom. The maximum absolute atomic E-state index is 13.3. The first-order valence-corrected chi connectivity index (χ1v) is 11.4. The van der Waals surface area contributed by atoms with Crippen LogP contribution in [0, 0.1) is 13.8 Å². The van der Waals surface area contributed by atoms with Crippen molar-refractivity contribution in [3.05, 3.63) is 101 Å². The largest absolute Gasteiger partial charge is 0.478 e. The van der Waals surface area contributed by atoms with E-state index in [9.17, 15) is 29.1 Å². The quantitative estimate of drug-likeness (QED) is 0.320. The summed E-state index contributed by atoms with van der Waals surface area (Å²) in [6.45, 7) is 3.47. The van der Waals surface area contributed by atoms with Crippen molar-refractivity contribution in [2.75, 3.05) is 12.4 Å². The topological polar surface area (TPSA) is 145 Å². The molecule has 10 nitrogen and oxygen atoms in total. The van der Waals surface area contributed by atoms with Gasteiger partial charge in [0.05, 0.1) is 23.8 Å². The highest BCUT2D eigenvalue weighted by molar-refractivity contribution is 6.02. The van der Waals surface area contributed by atoms with E-state index in [0.29, 0.717) is 0 Å². The molecule has 0 spiro atoms. The number of ether oxygens (including phenoxy) is 3. The van der Waals surface area contributed by atoms with Crippen molar-refractivity contribution in [2.24, 2.45) is 0 Å². The van der Waals surface area contributed by atoms with Crippen LogP contribution >= 0.6 is 0 Å². The minimum Gasteiger partial charge on any atom is -0.478 e. The fraction of sp³-hybridized carbons (Fsp3) is 0.179. The average Bonchev–Trinajstić information content (AvgIpc) is 2.89. The molecule has 3 rings (SSSR count). The van der Waals surface area contributed by atoms with Crippen LogP contribution in [0.4, 0.5) is 5.69 Å². The van der Waals surface area contributed by atoms with Gasteiger partial charge in [-0.2, -0.15) is 0 Å². The SMILES string of the molecule is COC(=O)c1cccc(NC(=O)[C@H](OC(=O)c2cccc(C)c2)[C@@H](OC(=O)c2cccc(C)c2)C(=O)O)c1. The molecule has 0 aliphatic rings. The van der Waals surface area contributed by atoms with Gasteiger partial charge >= 0.3 is 23.9 Å². The Kier molecular flexibility index (Phi) is 8.94. The van der Waals surface area contributed by atoms with Crippen LogP contribution in [0.25, 0.3) is 0 Å². The molecule has 196 valence electrons. The molecule has 0 radical (unpaired) electrons. The lowest BCUT2D eigenvalue weighted by Gasteiger charge is -2.23. The number of aryl methyl sites for hydroxylation is 2. The van der Waals surface area contributed by atoms with E-state index in [1.807, 2.05) is 0 Å². The first-order chi connectivity index (χ1) is 18.1. The molecule has 2 atom stereocenters. The van der Waals surface area contributed by atoms with Gasteiger partial charge in [0.2, 0.25) is 12.2 Å². The monoisotopic (exact) mass is 519 g/mol. The van der Waals surface area contributed by atoms with Crippen molar-refractivity contribution in [2.45, 2.75) is 26.1 Å². The van der Waals surface area contributed by atoms with Gasteiger partial charge < -0.3 is 24.6 Å². The molecule has 0 heterocycles. The van der Waals surface area contributed by atoms with Gasteiger partial charge in [-0.15, -0.1) is 0 Å². The molecular formula is C28H25NO9. The highest BCUT2D eigenvalue weighted by Crippen LogP contribution is 2.18. The van der Waals surface area contributed by atoms with Gasteiger partial charge in [0.1, 0.15) is 0 Å². The van der Waals surface area contributed by atoms with Crippen molar-refractivity contribution < 1.29 is 43.3 Å². The number of carbonyl (C=O) groups is 5. The molecule has 0 saturated heterocycles. The highest BCUT2D eigenvalue weighted by Gasteiger charge is 2.41. The van der Waals surface area contributed by atoms with E-state index in [4.69, 9.17) is 9.47 Å². The van der Waals surface area contributed by atoms with Crippen molar-refractivity contribution in [3.63, 3.8) is 0 Å². The number of nitrogens with one attached hydrogen (secondary N) is 1. The molecule has 2 N–H and O–H groups in total. The van der Waals surface area contributed by atoms with Gasteiger partial charge in [-0.05, 0) is 56.3 Å². The molecule has 0 saturated carbocycles. The molecule has 0 aromatic heterocycles. The van der Waals surface area contributed by atoms with E-state index < -0.39 is 42.0 Å². The molecule has 0 fully saturated rings. The van der Waals surface area contributed by atoms with Crippen LogP contribution in [0.15, 0.2) is 72.8 Å². The molecule has 0 bridgehead atoms. The standard InChI is InChI=1S/C28H25NO9/c1-16-7-4-9-18(13-16)27(34)37-22(24(30)29-21-12-6-11-20(15-21)26(33)36-3)23(25(31)32)38-28(35)19-10-5-8-17(2)14-19/h4-15,22-23H,1-3H3,(H,29,30)(H,31,32)/t22-,23-/m1/s1. The zero-order valence-electron chi connectivity index (χ0n) is 20.8. The molecule has 3 aromatic carbocycles. The summed E-state index contributed by atoms with van der Waals surface area (Å²) >= 11 is 0. The number of esters is 3. The Balaban J connectivity index is 1.94. The number of aliphatic carboxylic acids is 1. The molecule has 1 amide bonds. The first kappa shape index (κ1) is 27.6. The van der Waals surface area contributed by atoms with Crippen LogP contribution in [0.5, 0.6) is 0 Å². The second-order valence-electron chi connectivity index (χ2n) is 8.29. The second-order valence-corrected chi connectivity index (χ2v) is 8.29. The molecule has 0 aliphatic carbocycles. The summed E-state index contributed by atoms with van der Waals surface area (Å²) in [5.41, 5.74) is 1.75. The molecule has 0 aliphatic heterocycles. The summed E-state index contributed by atoms with van der Waals surface area (Å²) in [6, 6.07) is 18.1. The third-order valence-corrected chi connectivity index (χ3v) is 5.30. The maximum Gasteiger partial charge on any atom is 0.349 e. The Labute approximate surface area is 218 Å². The Morgan fingerprint density at radius 3 is 1.63 bits per heavy atom. The van der Waals surface area contributed by atoms with E-state index in [-0.39, 0.29) is 22.4 Å². The number of benzene rings is 3. The van der Waals surface area contributed by atoms with E-state index in [2.05, 4.69) is 10.1 Å². The van der Waals surface area contributed by atoms with Crippen LogP contribution in [-0.2, 0) is 23.8 Å². The predicted octanol–water partition coefficient (Wildman–Crippen LogP) is 3.56. The van der Waals surface area contributed by atoms with Crippen molar-refractivity contribution in [3.8, 4) is 0 Å². The lowest BCUT2D eigenvalue weighted by molar-refractivity contribution is -0.157. The normalized spacial score (nSPS) is 12.0.